The third-order valence-corrected chi connectivity index (χ3v) is 5.72. The van der Waals surface area contributed by atoms with Crippen molar-refractivity contribution in [2.75, 3.05) is 20.2 Å². The molecule has 2 aromatic carbocycles. The van der Waals surface area contributed by atoms with Gasteiger partial charge in [-0.15, -0.1) is 0 Å². The maximum atomic E-state index is 13.6. The second kappa shape index (κ2) is 8.69. The Balaban J connectivity index is 1.43. The van der Waals surface area contributed by atoms with Crippen LogP contribution in [-0.4, -0.2) is 40.6 Å². The number of aryl methyl sites for hydroxylation is 1. The van der Waals surface area contributed by atoms with Crippen molar-refractivity contribution in [3.8, 4) is 5.75 Å². The Labute approximate surface area is 175 Å². The van der Waals surface area contributed by atoms with Crippen LogP contribution in [0.15, 0.2) is 48.5 Å². The molecule has 1 aliphatic rings. The van der Waals surface area contributed by atoms with Crippen LogP contribution in [0.5, 0.6) is 5.75 Å². The molecule has 0 radical (unpaired) electrons. The summed E-state index contributed by atoms with van der Waals surface area (Å²) in [5.74, 6) is 1.53. The number of ether oxygens (including phenoxy) is 1. The molecular weight excluding hydrogens is 381 g/mol. The lowest BCUT2D eigenvalue weighted by molar-refractivity contribution is -0.127. The largest absolute Gasteiger partial charge is 0.497 e. The molecule has 1 aliphatic heterocycles. The quantitative estimate of drug-likeness (QED) is 0.580. The summed E-state index contributed by atoms with van der Waals surface area (Å²) in [6, 6.07) is 12.7. The van der Waals surface area contributed by atoms with Crippen molar-refractivity contribution in [2.24, 2.45) is 0 Å². The van der Waals surface area contributed by atoms with E-state index in [0.717, 1.165) is 41.9 Å². The molecule has 0 N–H and O–H groups in total. The normalized spacial score (nSPS) is 15.2. The topological polar surface area (TPSA) is 47.4 Å². The first kappa shape index (κ1) is 20.1. The van der Waals surface area contributed by atoms with Crippen LogP contribution < -0.4 is 4.74 Å². The van der Waals surface area contributed by atoms with Crippen molar-refractivity contribution >= 4 is 23.0 Å². The van der Waals surface area contributed by atoms with Gasteiger partial charge in [0.15, 0.2) is 0 Å². The van der Waals surface area contributed by atoms with E-state index in [9.17, 15) is 9.18 Å². The Hall–Kier alpha value is -3.15. The summed E-state index contributed by atoms with van der Waals surface area (Å²) in [6.45, 7) is 3.46. The number of benzene rings is 2. The molecule has 2 heterocycles. The predicted octanol–water partition coefficient (Wildman–Crippen LogP) is 4.62. The lowest BCUT2D eigenvalue weighted by atomic mass is 10.0. The number of rotatable bonds is 5. The van der Waals surface area contributed by atoms with Gasteiger partial charge in [-0.05, 0) is 48.7 Å². The standard InChI is InChI=1S/C24H26FN3O2/c1-3-23-26-21-16-18(25)7-10-22(21)28(23)19-12-14-27(15-13-19)24(29)11-6-17-4-8-20(30-2)9-5-17/h4-11,16,19H,3,12-15H2,1-2H3/b11-6+. The Bertz CT molecular complexity index is 1060. The fourth-order valence-corrected chi connectivity index (χ4v) is 4.11. The number of hydrogen-bond donors (Lipinski definition) is 0. The summed E-state index contributed by atoms with van der Waals surface area (Å²) < 4.78 is 21.0. The van der Waals surface area contributed by atoms with Gasteiger partial charge in [0, 0.05) is 37.7 Å². The number of imidazole rings is 1. The molecule has 0 aliphatic carbocycles. The molecule has 0 unspecified atom stereocenters. The van der Waals surface area contributed by atoms with Gasteiger partial charge in [0.25, 0.3) is 0 Å². The monoisotopic (exact) mass is 407 g/mol. The number of likely N-dealkylation sites (tertiary alicyclic amines) is 1. The molecule has 6 heteroatoms. The van der Waals surface area contributed by atoms with Crippen LogP contribution in [0.1, 0.15) is 37.2 Å². The number of halogens is 1. The van der Waals surface area contributed by atoms with Gasteiger partial charge in [0.2, 0.25) is 5.91 Å². The van der Waals surface area contributed by atoms with Gasteiger partial charge >= 0.3 is 0 Å². The average Bonchev–Trinajstić information content (AvgIpc) is 3.15. The van der Waals surface area contributed by atoms with Gasteiger partial charge in [-0.1, -0.05) is 19.1 Å². The number of aromatic nitrogens is 2. The Kier molecular flexibility index (Phi) is 5.84. The van der Waals surface area contributed by atoms with E-state index < -0.39 is 0 Å². The van der Waals surface area contributed by atoms with E-state index in [1.54, 1.807) is 13.2 Å². The number of nitrogens with zero attached hydrogens (tertiary/aromatic N) is 3. The van der Waals surface area contributed by atoms with Crippen molar-refractivity contribution in [1.29, 1.82) is 0 Å². The molecule has 1 fully saturated rings. The highest BCUT2D eigenvalue weighted by Crippen LogP contribution is 2.29. The molecule has 0 atom stereocenters. The fourth-order valence-electron chi connectivity index (χ4n) is 4.11. The average molecular weight is 407 g/mol. The van der Waals surface area contributed by atoms with Crippen LogP contribution in [0, 0.1) is 5.82 Å². The maximum Gasteiger partial charge on any atom is 0.246 e. The lowest BCUT2D eigenvalue weighted by Gasteiger charge is -2.33. The lowest BCUT2D eigenvalue weighted by Crippen LogP contribution is -2.38. The Morgan fingerprint density at radius 1 is 1.20 bits per heavy atom. The molecule has 156 valence electrons. The third kappa shape index (κ3) is 4.08. The minimum absolute atomic E-state index is 0.0255. The molecule has 0 spiro atoms. The zero-order chi connectivity index (χ0) is 21.1. The first-order chi connectivity index (χ1) is 14.6. The van der Waals surface area contributed by atoms with Crippen LogP contribution >= 0.6 is 0 Å². The summed E-state index contributed by atoms with van der Waals surface area (Å²) in [5.41, 5.74) is 2.63. The first-order valence-corrected chi connectivity index (χ1v) is 10.4. The molecule has 0 bridgehead atoms. The van der Waals surface area contributed by atoms with Gasteiger partial charge in [0.1, 0.15) is 17.4 Å². The van der Waals surface area contributed by atoms with E-state index in [0.29, 0.717) is 18.6 Å². The van der Waals surface area contributed by atoms with E-state index in [1.165, 1.54) is 12.1 Å². The molecule has 1 saturated heterocycles. The minimum atomic E-state index is -0.265. The second-order valence-electron chi connectivity index (χ2n) is 7.55. The van der Waals surface area contributed by atoms with E-state index in [1.807, 2.05) is 41.3 Å². The zero-order valence-corrected chi connectivity index (χ0v) is 17.3. The molecule has 5 nitrogen and oxygen atoms in total. The molecule has 30 heavy (non-hydrogen) atoms. The summed E-state index contributed by atoms with van der Waals surface area (Å²) in [5, 5.41) is 0. The van der Waals surface area contributed by atoms with E-state index in [2.05, 4.69) is 16.5 Å². The maximum absolute atomic E-state index is 13.6. The van der Waals surface area contributed by atoms with Crippen LogP contribution in [0.25, 0.3) is 17.1 Å². The van der Waals surface area contributed by atoms with Gasteiger partial charge in [-0.3, -0.25) is 4.79 Å². The molecule has 3 aromatic rings. The van der Waals surface area contributed by atoms with Crippen LogP contribution in [0.4, 0.5) is 4.39 Å². The number of carbonyl (C=O) groups excluding carboxylic acids is 1. The molecular formula is C24H26FN3O2. The smallest absolute Gasteiger partial charge is 0.246 e. The van der Waals surface area contributed by atoms with Crippen LogP contribution in [0.2, 0.25) is 0 Å². The Morgan fingerprint density at radius 3 is 2.60 bits per heavy atom. The Morgan fingerprint density at radius 2 is 1.93 bits per heavy atom. The van der Waals surface area contributed by atoms with E-state index in [-0.39, 0.29) is 17.8 Å². The molecule has 4 rings (SSSR count). The van der Waals surface area contributed by atoms with Gasteiger partial charge in [-0.2, -0.15) is 0 Å². The molecule has 1 amide bonds. The summed E-state index contributed by atoms with van der Waals surface area (Å²) >= 11 is 0. The van der Waals surface area contributed by atoms with Gasteiger partial charge < -0.3 is 14.2 Å². The van der Waals surface area contributed by atoms with Crippen molar-refractivity contribution < 1.29 is 13.9 Å². The van der Waals surface area contributed by atoms with Crippen LogP contribution in [-0.2, 0) is 11.2 Å². The number of piperidine rings is 1. The predicted molar refractivity (Wildman–Crippen MR) is 116 cm³/mol. The van der Waals surface area contributed by atoms with Gasteiger partial charge in [0.05, 0.1) is 18.1 Å². The minimum Gasteiger partial charge on any atom is -0.497 e. The van der Waals surface area contributed by atoms with Crippen LogP contribution in [0.3, 0.4) is 0 Å². The number of hydrogen-bond acceptors (Lipinski definition) is 3. The fraction of sp³-hybridized carbons (Fsp3) is 0.333. The highest BCUT2D eigenvalue weighted by molar-refractivity contribution is 5.91. The second-order valence-corrected chi connectivity index (χ2v) is 7.55. The van der Waals surface area contributed by atoms with E-state index >= 15 is 0 Å². The van der Waals surface area contributed by atoms with Crippen molar-refractivity contribution in [3.63, 3.8) is 0 Å². The zero-order valence-electron chi connectivity index (χ0n) is 17.3. The number of methoxy groups -OCH3 is 1. The number of fused-ring (bicyclic) bond motifs is 1. The number of amides is 1. The summed E-state index contributed by atoms with van der Waals surface area (Å²) in [6.07, 6.45) is 5.98. The van der Waals surface area contributed by atoms with Gasteiger partial charge in [-0.25, -0.2) is 9.37 Å². The van der Waals surface area contributed by atoms with E-state index in [4.69, 9.17) is 4.74 Å². The first-order valence-electron chi connectivity index (χ1n) is 10.4. The molecule has 0 saturated carbocycles. The third-order valence-electron chi connectivity index (χ3n) is 5.72. The summed E-state index contributed by atoms with van der Waals surface area (Å²) in [7, 11) is 1.63. The van der Waals surface area contributed by atoms with Crippen molar-refractivity contribution in [1.82, 2.24) is 14.5 Å². The highest BCUT2D eigenvalue weighted by atomic mass is 19.1. The highest BCUT2D eigenvalue weighted by Gasteiger charge is 2.25. The SMILES string of the molecule is CCc1nc2cc(F)ccc2n1C1CCN(C(=O)/C=C/c2ccc(OC)cc2)CC1. The van der Waals surface area contributed by atoms with Crippen molar-refractivity contribution in [2.45, 2.75) is 32.2 Å². The summed E-state index contributed by atoms with van der Waals surface area (Å²) in [4.78, 5) is 19.1. The number of carbonyl (C=O) groups is 1. The van der Waals surface area contributed by atoms with Crippen molar-refractivity contribution in [3.05, 3.63) is 65.7 Å². The molecule has 1 aromatic heterocycles.